The lowest BCUT2D eigenvalue weighted by Crippen LogP contribution is -2.44. The van der Waals surface area contributed by atoms with Crippen LogP contribution in [0.25, 0.3) is 0 Å². The van der Waals surface area contributed by atoms with Gasteiger partial charge in [-0.25, -0.2) is 4.99 Å². The first-order chi connectivity index (χ1) is 9.83. The summed E-state index contributed by atoms with van der Waals surface area (Å²) in [6.45, 7) is 0. The molecule has 2 heterocycles. The van der Waals surface area contributed by atoms with Crippen molar-refractivity contribution < 1.29 is 0 Å². The molecule has 2 aliphatic heterocycles. The van der Waals surface area contributed by atoms with Crippen molar-refractivity contribution >= 4 is 28.2 Å². The molecule has 0 saturated carbocycles. The minimum atomic E-state index is 0.120. The highest BCUT2D eigenvalue weighted by atomic mass is 32.2. The van der Waals surface area contributed by atoms with Gasteiger partial charge in [0.15, 0.2) is 6.17 Å². The number of rotatable bonds is 1. The van der Waals surface area contributed by atoms with Gasteiger partial charge in [-0.2, -0.15) is 0 Å². The lowest BCUT2D eigenvalue weighted by Gasteiger charge is -2.37. The fourth-order valence-electron chi connectivity index (χ4n) is 2.72. The van der Waals surface area contributed by atoms with Crippen LogP contribution in [0.15, 0.2) is 59.6 Å². The third kappa shape index (κ3) is 1.79. The largest absolute Gasteiger partial charge is 0.360 e. The van der Waals surface area contributed by atoms with Crippen molar-refractivity contribution in [1.82, 2.24) is 0 Å². The van der Waals surface area contributed by atoms with Crippen LogP contribution in [0.4, 0.5) is 11.4 Å². The first kappa shape index (κ1) is 11.9. The standard InChI is InChI=1S/C16H15N3S/c1-19-13-10-6-5-9-12(13)17-14-16(19)20-15(18-14)11-7-3-2-4-8-11/h2-10,14,16-17H,1H3/t14-,16+/m1/s1. The predicted molar refractivity (Wildman–Crippen MR) is 86.6 cm³/mol. The monoisotopic (exact) mass is 281 g/mol. The molecule has 20 heavy (non-hydrogen) atoms. The zero-order chi connectivity index (χ0) is 13.5. The molecule has 2 aromatic rings. The molecule has 2 aromatic carbocycles. The van der Waals surface area contributed by atoms with Gasteiger partial charge in [0.2, 0.25) is 0 Å². The van der Waals surface area contributed by atoms with Gasteiger partial charge in [0.05, 0.1) is 11.4 Å². The van der Waals surface area contributed by atoms with E-state index in [-0.39, 0.29) is 6.17 Å². The van der Waals surface area contributed by atoms with Crippen LogP contribution in [0.2, 0.25) is 0 Å². The van der Waals surface area contributed by atoms with E-state index >= 15 is 0 Å². The van der Waals surface area contributed by atoms with Crippen LogP contribution in [0, 0.1) is 0 Å². The Hall–Kier alpha value is -1.94. The Morgan fingerprint density at radius 2 is 1.80 bits per heavy atom. The molecule has 4 heteroatoms. The number of likely N-dealkylation sites (N-methyl/N-ethyl adjacent to an activating group) is 1. The Balaban J connectivity index is 1.69. The minimum absolute atomic E-state index is 0.120. The van der Waals surface area contributed by atoms with Gasteiger partial charge < -0.3 is 10.2 Å². The van der Waals surface area contributed by atoms with Crippen LogP contribution in [0.5, 0.6) is 0 Å². The highest BCUT2D eigenvalue weighted by molar-refractivity contribution is 8.15. The molecule has 0 unspecified atom stereocenters. The summed E-state index contributed by atoms with van der Waals surface area (Å²) in [6, 6.07) is 18.8. The van der Waals surface area contributed by atoms with E-state index in [2.05, 4.69) is 65.8 Å². The number of nitrogens with one attached hydrogen (secondary N) is 1. The van der Waals surface area contributed by atoms with E-state index in [0.29, 0.717) is 5.37 Å². The zero-order valence-electron chi connectivity index (χ0n) is 11.2. The number of fused-ring (bicyclic) bond motifs is 2. The molecular formula is C16H15N3S. The van der Waals surface area contributed by atoms with E-state index in [1.165, 1.54) is 11.3 Å². The number of benzene rings is 2. The van der Waals surface area contributed by atoms with E-state index < -0.39 is 0 Å². The highest BCUT2D eigenvalue weighted by Gasteiger charge is 2.38. The SMILES string of the molecule is CN1c2ccccc2N[C@@H]2N=C(c3ccccc3)S[C@@H]21. The molecular weight excluding hydrogens is 266 g/mol. The maximum Gasteiger partial charge on any atom is 0.150 e. The minimum Gasteiger partial charge on any atom is -0.360 e. The summed E-state index contributed by atoms with van der Waals surface area (Å²) in [5, 5.41) is 4.98. The van der Waals surface area contributed by atoms with Crippen LogP contribution in [0.1, 0.15) is 5.56 Å². The number of nitrogens with zero attached hydrogens (tertiary/aromatic N) is 2. The molecule has 1 N–H and O–H groups in total. The van der Waals surface area contributed by atoms with Gasteiger partial charge in [0, 0.05) is 12.6 Å². The molecule has 0 fully saturated rings. The van der Waals surface area contributed by atoms with Crippen molar-refractivity contribution in [3.05, 3.63) is 60.2 Å². The van der Waals surface area contributed by atoms with Crippen LogP contribution < -0.4 is 10.2 Å². The Morgan fingerprint density at radius 1 is 1.05 bits per heavy atom. The van der Waals surface area contributed by atoms with Crippen molar-refractivity contribution in [2.75, 3.05) is 17.3 Å². The number of aliphatic imine (C=N–C) groups is 1. The Kier molecular flexibility index (Phi) is 2.70. The molecule has 2 atom stereocenters. The lowest BCUT2D eigenvalue weighted by molar-refractivity contribution is 0.684. The molecule has 3 nitrogen and oxygen atoms in total. The maximum atomic E-state index is 4.86. The highest BCUT2D eigenvalue weighted by Crippen LogP contribution is 2.41. The third-order valence-corrected chi connectivity index (χ3v) is 5.13. The zero-order valence-corrected chi connectivity index (χ0v) is 12.0. The van der Waals surface area contributed by atoms with Crippen LogP contribution in [0.3, 0.4) is 0 Å². The molecule has 2 aliphatic rings. The van der Waals surface area contributed by atoms with Crippen molar-refractivity contribution in [3.8, 4) is 0 Å². The number of para-hydroxylation sites is 2. The molecule has 0 aromatic heterocycles. The summed E-state index contributed by atoms with van der Waals surface area (Å²) < 4.78 is 0. The van der Waals surface area contributed by atoms with E-state index in [1.807, 2.05) is 17.8 Å². The summed E-state index contributed by atoms with van der Waals surface area (Å²) in [6.07, 6.45) is 0.120. The normalized spacial score (nSPS) is 23.6. The molecule has 0 spiro atoms. The fourth-order valence-corrected chi connectivity index (χ4v) is 3.92. The first-order valence-electron chi connectivity index (χ1n) is 6.71. The quantitative estimate of drug-likeness (QED) is 0.868. The van der Waals surface area contributed by atoms with Crippen molar-refractivity contribution in [2.45, 2.75) is 11.5 Å². The third-order valence-electron chi connectivity index (χ3n) is 3.75. The van der Waals surface area contributed by atoms with Crippen LogP contribution in [-0.4, -0.2) is 23.6 Å². The molecule has 0 radical (unpaired) electrons. The second-order valence-electron chi connectivity index (χ2n) is 5.03. The second-order valence-corrected chi connectivity index (χ2v) is 6.13. The van der Waals surface area contributed by atoms with Crippen molar-refractivity contribution in [3.63, 3.8) is 0 Å². The van der Waals surface area contributed by atoms with Crippen LogP contribution in [-0.2, 0) is 0 Å². The average Bonchev–Trinajstić information content (AvgIpc) is 2.93. The Morgan fingerprint density at radius 3 is 2.65 bits per heavy atom. The van der Waals surface area contributed by atoms with E-state index in [0.717, 1.165) is 10.7 Å². The Labute approximate surface area is 122 Å². The molecule has 100 valence electrons. The summed E-state index contributed by atoms with van der Waals surface area (Å²) in [5.74, 6) is 0. The Bertz CT molecular complexity index is 668. The number of anilines is 2. The topological polar surface area (TPSA) is 27.6 Å². The number of hydrogen-bond acceptors (Lipinski definition) is 4. The summed E-state index contributed by atoms with van der Waals surface area (Å²) >= 11 is 1.83. The van der Waals surface area contributed by atoms with Gasteiger partial charge in [-0.15, -0.1) is 0 Å². The smallest absolute Gasteiger partial charge is 0.150 e. The predicted octanol–water partition coefficient (Wildman–Crippen LogP) is 3.39. The van der Waals surface area contributed by atoms with Gasteiger partial charge in [0.25, 0.3) is 0 Å². The second kappa shape index (κ2) is 4.56. The van der Waals surface area contributed by atoms with Gasteiger partial charge in [0.1, 0.15) is 10.4 Å². The van der Waals surface area contributed by atoms with Gasteiger partial charge in [-0.1, -0.05) is 54.2 Å². The first-order valence-corrected chi connectivity index (χ1v) is 7.59. The van der Waals surface area contributed by atoms with Gasteiger partial charge >= 0.3 is 0 Å². The summed E-state index contributed by atoms with van der Waals surface area (Å²) in [4.78, 5) is 7.18. The maximum absolute atomic E-state index is 4.86. The number of hydrogen-bond donors (Lipinski definition) is 1. The number of thioether (sulfide) groups is 1. The van der Waals surface area contributed by atoms with Gasteiger partial charge in [-0.3, -0.25) is 0 Å². The van der Waals surface area contributed by atoms with E-state index in [4.69, 9.17) is 4.99 Å². The molecule has 0 amide bonds. The lowest BCUT2D eigenvalue weighted by atomic mass is 10.2. The average molecular weight is 281 g/mol. The fraction of sp³-hybridized carbons (Fsp3) is 0.188. The summed E-state index contributed by atoms with van der Waals surface area (Å²) in [5.41, 5.74) is 3.60. The van der Waals surface area contributed by atoms with Gasteiger partial charge in [-0.05, 0) is 12.1 Å². The van der Waals surface area contributed by atoms with Crippen LogP contribution >= 0.6 is 11.8 Å². The molecule has 0 bridgehead atoms. The molecule has 0 saturated heterocycles. The van der Waals surface area contributed by atoms with Crippen molar-refractivity contribution in [1.29, 1.82) is 0 Å². The molecule has 0 aliphatic carbocycles. The van der Waals surface area contributed by atoms with E-state index in [1.54, 1.807) is 0 Å². The summed E-state index contributed by atoms with van der Waals surface area (Å²) in [7, 11) is 2.15. The molecule has 4 rings (SSSR count). The van der Waals surface area contributed by atoms with Crippen molar-refractivity contribution in [2.24, 2.45) is 4.99 Å². The van der Waals surface area contributed by atoms with E-state index in [9.17, 15) is 0 Å².